The zero-order valence-corrected chi connectivity index (χ0v) is 17.2. The number of halogens is 2. The zero-order valence-electron chi connectivity index (χ0n) is 15.7. The number of methoxy groups -OCH3 is 1. The van der Waals surface area contributed by atoms with Gasteiger partial charge >= 0.3 is 0 Å². The van der Waals surface area contributed by atoms with Gasteiger partial charge in [-0.25, -0.2) is 0 Å². The Morgan fingerprint density at radius 3 is 2.31 bits per heavy atom. The van der Waals surface area contributed by atoms with Gasteiger partial charge in [0.1, 0.15) is 18.1 Å². The topological polar surface area (TPSA) is 47.6 Å². The van der Waals surface area contributed by atoms with E-state index in [0.29, 0.717) is 28.1 Å². The van der Waals surface area contributed by atoms with Crippen LogP contribution in [0.2, 0.25) is 10.0 Å². The zero-order chi connectivity index (χ0) is 20.6. The number of hydrogen-bond donors (Lipinski definition) is 1. The first kappa shape index (κ1) is 20.8. The third-order valence-corrected chi connectivity index (χ3v) is 4.66. The van der Waals surface area contributed by atoms with Gasteiger partial charge in [-0.15, -0.1) is 0 Å². The summed E-state index contributed by atoms with van der Waals surface area (Å²) in [7, 11) is 1.60. The largest absolute Gasteiger partial charge is 0.497 e. The number of amides is 1. The molecule has 148 valence electrons. The van der Waals surface area contributed by atoms with Crippen LogP contribution < -0.4 is 14.8 Å². The fourth-order valence-electron chi connectivity index (χ4n) is 2.51. The van der Waals surface area contributed by atoms with E-state index < -0.39 is 0 Å². The molecular formula is C23H19Cl2NO3. The van der Waals surface area contributed by atoms with Crippen LogP contribution in [-0.4, -0.2) is 13.0 Å². The molecule has 0 radical (unpaired) electrons. The smallest absolute Gasteiger partial charge is 0.248 e. The van der Waals surface area contributed by atoms with Crippen LogP contribution in [0.4, 0.5) is 5.69 Å². The molecule has 29 heavy (non-hydrogen) atoms. The highest BCUT2D eigenvalue weighted by Gasteiger charge is 2.03. The summed E-state index contributed by atoms with van der Waals surface area (Å²) in [5.74, 6) is 1.22. The lowest BCUT2D eigenvalue weighted by atomic mass is 10.2. The van der Waals surface area contributed by atoms with Crippen LogP contribution in [-0.2, 0) is 11.4 Å². The molecule has 0 aliphatic rings. The molecule has 0 aliphatic heterocycles. The summed E-state index contributed by atoms with van der Waals surface area (Å²) in [6.07, 6.45) is 3.21. The van der Waals surface area contributed by atoms with E-state index >= 15 is 0 Å². The Labute approximate surface area is 179 Å². The van der Waals surface area contributed by atoms with Crippen molar-refractivity contribution in [3.8, 4) is 11.5 Å². The Hall–Kier alpha value is -2.95. The van der Waals surface area contributed by atoms with Gasteiger partial charge in [0.15, 0.2) is 0 Å². The predicted molar refractivity (Wildman–Crippen MR) is 118 cm³/mol. The van der Waals surface area contributed by atoms with Crippen molar-refractivity contribution in [3.05, 3.63) is 94.0 Å². The molecule has 0 unspecified atom stereocenters. The lowest BCUT2D eigenvalue weighted by molar-refractivity contribution is -0.111. The fraction of sp³-hybridized carbons (Fsp3) is 0.0870. The third kappa shape index (κ3) is 6.28. The maximum Gasteiger partial charge on any atom is 0.248 e. The molecule has 0 aliphatic carbocycles. The highest BCUT2D eigenvalue weighted by molar-refractivity contribution is 6.35. The SMILES string of the molecule is COc1ccc(NC(=O)/C=C/c2ccc(OCc3ccc(Cl)cc3Cl)cc2)cc1. The van der Waals surface area contributed by atoms with Crippen molar-refractivity contribution in [2.75, 3.05) is 12.4 Å². The van der Waals surface area contributed by atoms with Crippen molar-refractivity contribution >= 4 is 40.9 Å². The van der Waals surface area contributed by atoms with E-state index in [9.17, 15) is 4.79 Å². The van der Waals surface area contributed by atoms with E-state index in [1.54, 1.807) is 49.6 Å². The molecule has 0 aromatic heterocycles. The summed E-state index contributed by atoms with van der Waals surface area (Å²) in [6.45, 7) is 0.343. The van der Waals surface area contributed by atoms with E-state index in [4.69, 9.17) is 32.7 Å². The minimum atomic E-state index is -0.215. The highest BCUT2D eigenvalue weighted by atomic mass is 35.5. The molecule has 1 N–H and O–H groups in total. The second-order valence-electron chi connectivity index (χ2n) is 6.14. The van der Waals surface area contributed by atoms with Crippen molar-refractivity contribution in [2.24, 2.45) is 0 Å². The Morgan fingerprint density at radius 2 is 1.66 bits per heavy atom. The highest BCUT2D eigenvalue weighted by Crippen LogP contribution is 2.23. The number of carbonyl (C=O) groups excluding carboxylic acids is 1. The van der Waals surface area contributed by atoms with E-state index in [1.165, 1.54) is 6.08 Å². The predicted octanol–water partition coefficient (Wildman–Crippen LogP) is 6.23. The van der Waals surface area contributed by atoms with Gasteiger partial charge in [-0.05, 0) is 60.2 Å². The molecule has 0 heterocycles. The van der Waals surface area contributed by atoms with Gasteiger partial charge in [0.25, 0.3) is 0 Å². The van der Waals surface area contributed by atoms with E-state index in [-0.39, 0.29) is 5.91 Å². The molecule has 6 heteroatoms. The number of hydrogen-bond acceptors (Lipinski definition) is 3. The Balaban J connectivity index is 1.53. The molecule has 0 fully saturated rings. The molecule has 0 atom stereocenters. The molecule has 3 aromatic carbocycles. The first-order valence-corrected chi connectivity index (χ1v) is 9.59. The lowest BCUT2D eigenvalue weighted by Gasteiger charge is -2.08. The minimum Gasteiger partial charge on any atom is -0.497 e. The first-order chi connectivity index (χ1) is 14.0. The molecule has 0 saturated heterocycles. The lowest BCUT2D eigenvalue weighted by Crippen LogP contribution is -2.07. The van der Waals surface area contributed by atoms with Crippen molar-refractivity contribution < 1.29 is 14.3 Å². The van der Waals surface area contributed by atoms with E-state index in [1.807, 2.05) is 30.3 Å². The third-order valence-electron chi connectivity index (χ3n) is 4.07. The average molecular weight is 428 g/mol. The number of rotatable bonds is 7. The van der Waals surface area contributed by atoms with Gasteiger partial charge in [-0.1, -0.05) is 41.4 Å². The van der Waals surface area contributed by atoms with Crippen LogP contribution >= 0.6 is 23.2 Å². The van der Waals surface area contributed by atoms with Gasteiger partial charge in [0.05, 0.1) is 7.11 Å². The Bertz CT molecular complexity index is 1000. The van der Waals surface area contributed by atoms with Crippen molar-refractivity contribution in [2.45, 2.75) is 6.61 Å². The molecule has 4 nitrogen and oxygen atoms in total. The van der Waals surface area contributed by atoms with Gasteiger partial charge in [0, 0.05) is 27.4 Å². The van der Waals surface area contributed by atoms with Crippen LogP contribution in [0.5, 0.6) is 11.5 Å². The summed E-state index contributed by atoms with van der Waals surface area (Å²) in [5, 5.41) is 3.95. The number of anilines is 1. The summed E-state index contributed by atoms with van der Waals surface area (Å²) in [6, 6.07) is 19.9. The molecule has 0 bridgehead atoms. The molecular weight excluding hydrogens is 409 g/mol. The Morgan fingerprint density at radius 1 is 0.966 bits per heavy atom. The molecule has 1 amide bonds. The van der Waals surface area contributed by atoms with Crippen LogP contribution in [0.25, 0.3) is 6.08 Å². The first-order valence-electron chi connectivity index (χ1n) is 8.83. The van der Waals surface area contributed by atoms with Gasteiger partial charge < -0.3 is 14.8 Å². The molecule has 3 aromatic rings. The summed E-state index contributed by atoms with van der Waals surface area (Å²) in [5.41, 5.74) is 2.44. The molecule has 0 saturated carbocycles. The van der Waals surface area contributed by atoms with Crippen molar-refractivity contribution in [1.29, 1.82) is 0 Å². The summed E-state index contributed by atoms with van der Waals surface area (Å²) < 4.78 is 10.8. The number of nitrogens with one attached hydrogen (secondary N) is 1. The second kappa shape index (κ2) is 10.0. The van der Waals surface area contributed by atoms with Crippen LogP contribution in [0.15, 0.2) is 72.8 Å². The quantitative estimate of drug-likeness (QED) is 0.454. The molecule has 3 rings (SSSR count). The van der Waals surface area contributed by atoms with Crippen LogP contribution in [0.3, 0.4) is 0 Å². The Kier molecular flexibility index (Phi) is 7.17. The fourth-order valence-corrected chi connectivity index (χ4v) is 2.97. The maximum absolute atomic E-state index is 12.0. The van der Waals surface area contributed by atoms with Crippen molar-refractivity contribution in [3.63, 3.8) is 0 Å². The van der Waals surface area contributed by atoms with Crippen molar-refractivity contribution in [1.82, 2.24) is 0 Å². The maximum atomic E-state index is 12.0. The molecule has 0 spiro atoms. The monoisotopic (exact) mass is 427 g/mol. The van der Waals surface area contributed by atoms with E-state index in [2.05, 4.69) is 5.32 Å². The van der Waals surface area contributed by atoms with Gasteiger partial charge in [-0.3, -0.25) is 4.79 Å². The number of ether oxygens (including phenoxy) is 2. The standard InChI is InChI=1S/C23H19Cl2NO3/c1-28-20-11-7-19(8-12-20)26-23(27)13-4-16-2-9-21(10-3-16)29-15-17-5-6-18(24)14-22(17)25/h2-14H,15H2,1H3,(H,26,27)/b13-4+. The van der Waals surface area contributed by atoms with Gasteiger partial charge in [0.2, 0.25) is 5.91 Å². The van der Waals surface area contributed by atoms with Crippen LogP contribution in [0.1, 0.15) is 11.1 Å². The average Bonchev–Trinajstić information content (AvgIpc) is 2.73. The second-order valence-corrected chi connectivity index (χ2v) is 6.99. The van der Waals surface area contributed by atoms with Crippen LogP contribution in [0, 0.1) is 0 Å². The number of carbonyl (C=O) groups is 1. The van der Waals surface area contributed by atoms with E-state index in [0.717, 1.165) is 16.9 Å². The summed E-state index contributed by atoms with van der Waals surface area (Å²) >= 11 is 12.0. The number of benzene rings is 3. The normalized spacial score (nSPS) is 10.7. The summed E-state index contributed by atoms with van der Waals surface area (Å²) in [4.78, 5) is 12.0. The minimum absolute atomic E-state index is 0.215. The van der Waals surface area contributed by atoms with Gasteiger partial charge in [-0.2, -0.15) is 0 Å².